The molecule has 0 unspecified atom stereocenters. The van der Waals surface area contributed by atoms with E-state index in [0.29, 0.717) is 18.0 Å². The first-order valence-electron chi connectivity index (χ1n) is 8.24. The van der Waals surface area contributed by atoms with Gasteiger partial charge in [-0.1, -0.05) is 11.6 Å². The molecule has 6 heteroatoms. The molecule has 0 spiro atoms. The van der Waals surface area contributed by atoms with Crippen molar-refractivity contribution in [1.82, 2.24) is 15.1 Å². The zero-order valence-corrected chi connectivity index (χ0v) is 15.1. The third-order valence-electron chi connectivity index (χ3n) is 4.76. The maximum absolute atomic E-state index is 12.5. The molecule has 5 nitrogen and oxygen atoms in total. The van der Waals surface area contributed by atoms with Gasteiger partial charge in [0.2, 0.25) is 0 Å². The standard InChI is InChI=1S/C18H23ClN4O/c1-12-17(13(2)22(3)21-12)18(24)20-10-14-8-9-23(11-14)16-6-4-15(19)5-7-16/h4-7,14H,8-11H2,1-3H3,(H,20,24)/t14-/m1/s1. The smallest absolute Gasteiger partial charge is 0.255 e. The first kappa shape index (κ1) is 16.8. The molecule has 1 aliphatic rings. The van der Waals surface area contributed by atoms with Crippen molar-refractivity contribution in [3.05, 3.63) is 46.2 Å². The van der Waals surface area contributed by atoms with Crippen LogP contribution in [-0.2, 0) is 7.05 Å². The van der Waals surface area contributed by atoms with Gasteiger partial charge in [0.1, 0.15) is 0 Å². The Kier molecular flexibility index (Phi) is 4.81. The van der Waals surface area contributed by atoms with Crippen LogP contribution in [0, 0.1) is 19.8 Å². The van der Waals surface area contributed by atoms with Gasteiger partial charge in [0.25, 0.3) is 5.91 Å². The van der Waals surface area contributed by atoms with Crippen molar-refractivity contribution < 1.29 is 4.79 Å². The number of halogens is 1. The van der Waals surface area contributed by atoms with Crippen molar-refractivity contribution in [2.24, 2.45) is 13.0 Å². The summed E-state index contributed by atoms with van der Waals surface area (Å²) in [5.41, 5.74) is 3.57. The van der Waals surface area contributed by atoms with Crippen LogP contribution >= 0.6 is 11.6 Å². The van der Waals surface area contributed by atoms with E-state index in [-0.39, 0.29) is 5.91 Å². The first-order valence-corrected chi connectivity index (χ1v) is 8.62. The monoisotopic (exact) mass is 346 g/mol. The number of rotatable bonds is 4. The number of anilines is 1. The molecule has 2 aromatic rings. The van der Waals surface area contributed by atoms with Crippen LogP contribution in [0.3, 0.4) is 0 Å². The summed E-state index contributed by atoms with van der Waals surface area (Å²) >= 11 is 5.94. The van der Waals surface area contributed by atoms with Gasteiger partial charge in [-0.2, -0.15) is 5.10 Å². The van der Waals surface area contributed by atoms with Crippen LogP contribution in [0.5, 0.6) is 0 Å². The fraction of sp³-hybridized carbons (Fsp3) is 0.444. The molecule has 1 aromatic heterocycles. The molecule has 1 saturated heterocycles. The van der Waals surface area contributed by atoms with Crippen molar-refractivity contribution in [3.8, 4) is 0 Å². The Morgan fingerprint density at radius 1 is 1.33 bits per heavy atom. The lowest BCUT2D eigenvalue weighted by Crippen LogP contribution is -2.31. The van der Waals surface area contributed by atoms with Gasteiger partial charge in [0.05, 0.1) is 11.3 Å². The summed E-state index contributed by atoms with van der Waals surface area (Å²) < 4.78 is 1.75. The molecule has 1 N–H and O–H groups in total. The Hall–Kier alpha value is -2.01. The van der Waals surface area contributed by atoms with E-state index in [1.807, 2.05) is 45.2 Å². The highest BCUT2D eigenvalue weighted by Gasteiger charge is 2.24. The summed E-state index contributed by atoms with van der Waals surface area (Å²) in [7, 11) is 1.86. The van der Waals surface area contributed by atoms with Gasteiger partial charge in [-0.25, -0.2) is 0 Å². The summed E-state index contributed by atoms with van der Waals surface area (Å²) in [6, 6.07) is 7.93. The largest absolute Gasteiger partial charge is 0.371 e. The molecule has 0 bridgehead atoms. The topological polar surface area (TPSA) is 50.2 Å². The molecule has 3 rings (SSSR count). The van der Waals surface area contributed by atoms with Crippen molar-refractivity contribution in [3.63, 3.8) is 0 Å². The second-order valence-corrected chi connectivity index (χ2v) is 6.89. The Morgan fingerprint density at radius 3 is 2.67 bits per heavy atom. The molecule has 0 aliphatic carbocycles. The normalized spacial score (nSPS) is 17.3. The molecule has 24 heavy (non-hydrogen) atoms. The zero-order chi connectivity index (χ0) is 17.3. The molecule has 128 valence electrons. The summed E-state index contributed by atoms with van der Waals surface area (Å²) in [6.07, 6.45) is 1.08. The molecule has 1 atom stereocenters. The van der Waals surface area contributed by atoms with E-state index >= 15 is 0 Å². The second kappa shape index (κ2) is 6.85. The van der Waals surface area contributed by atoms with Gasteiger partial charge in [0, 0.05) is 43.1 Å². The second-order valence-electron chi connectivity index (χ2n) is 6.46. The van der Waals surface area contributed by atoms with Gasteiger partial charge in [0.15, 0.2) is 0 Å². The fourth-order valence-corrected chi connectivity index (χ4v) is 3.44. The lowest BCUT2D eigenvalue weighted by molar-refractivity contribution is 0.0947. The molecule has 1 aliphatic heterocycles. The Bertz CT molecular complexity index is 738. The highest BCUT2D eigenvalue weighted by molar-refractivity contribution is 6.30. The Labute approximate surface area is 147 Å². The van der Waals surface area contributed by atoms with E-state index in [1.165, 1.54) is 5.69 Å². The molecule has 0 saturated carbocycles. The molecule has 1 aromatic carbocycles. The van der Waals surface area contributed by atoms with Crippen LogP contribution in [0.4, 0.5) is 5.69 Å². The molecule has 0 radical (unpaired) electrons. The predicted octanol–water partition coefficient (Wildman–Crippen LogP) is 2.95. The van der Waals surface area contributed by atoms with Crippen molar-refractivity contribution in [2.75, 3.05) is 24.5 Å². The van der Waals surface area contributed by atoms with Crippen LogP contribution < -0.4 is 10.2 Å². The lowest BCUT2D eigenvalue weighted by atomic mass is 10.1. The van der Waals surface area contributed by atoms with Gasteiger partial charge in [-0.05, 0) is 50.5 Å². The SMILES string of the molecule is Cc1nn(C)c(C)c1C(=O)NC[C@H]1CCN(c2ccc(Cl)cc2)C1. The minimum Gasteiger partial charge on any atom is -0.371 e. The minimum atomic E-state index is -0.0250. The number of carbonyl (C=O) groups is 1. The van der Waals surface area contributed by atoms with Crippen molar-refractivity contribution >= 4 is 23.2 Å². The average Bonchev–Trinajstić information content (AvgIpc) is 3.11. The third kappa shape index (κ3) is 3.41. The Balaban J connectivity index is 1.56. The number of benzene rings is 1. The number of hydrogen-bond donors (Lipinski definition) is 1. The summed E-state index contributed by atoms with van der Waals surface area (Å²) in [6.45, 7) is 6.45. The molecule has 1 fully saturated rings. The van der Waals surface area contributed by atoms with Crippen LogP contribution in [0.1, 0.15) is 28.2 Å². The highest BCUT2D eigenvalue weighted by atomic mass is 35.5. The van der Waals surface area contributed by atoms with Crippen LogP contribution in [0.15, 0.2) is 24.3 Å². The Morgan fingerprint density at radius 2 is 2.04 bits per heavy atom. The van der Waals surface area contributed by atoms with Gasteiger partial charge in [-0.15, -0.1) is 0 Å². The summed E-state index contributed by atoms with van der Waals surface area (Å²) in [5, 5.41) is 8.14. The first-order chi connectivity index (χ1) is 11.5. The molecule has 1 amide bonds. The maximum atomic E-state index is 12.5. The molecule has 2 heterocycles. The van der Waals surface area contributed by atoms with Crippen LogP contribution in [0.2, 0.25) is 5.02 Å². The van der Waals surface area contributed by atoms with Crippen LogP contribution in [-0.4, -0.2) is 35.3 Å². The number of aromatic nitrogens is 2. The molecular weight excluding hydrogens is 324 g/mol. The van der Waals surface area contributed by atoms with Crippen molar-refractivity contribution in [1.29, 1.82) is 0 Å². The quantitative estimate of drug-likeness (QED) is 0.926. The van der Waals surface area contributed by atoms with Gasteiger partial charge >= 0.3 is 0 Å². The van der Waals surface area contributed by atoms with E-state index in [9.17, 15) is 4.79 Å². The van der Waals surface area contributed by atoms with Crippen LogP contribution in [0.25, 0.3) is 0 Å². The number of hydrogen-bond acceptors (Lipinski definition) is 3. The fourth-order valence-electron chi connectivity index (χ4n) is 3.31. The van der Waals surface area contributed by atoms with Gasteiger partial charge in [-0.3, -0.25) is 9.48 Å². The summed E-state index contributed by atoms with van der Waals surface area (Å²) in [5.74, 6) is 0.435. The maximum Gasteiger partial charge on any atom is 0.255 e. The lowest BCUT2D eigenvalue weighted by Gasteiger charge is -2.19. The minimum absolute atomic E-state index is 0.0250. The zero-order valence-electron chi connectivity index (χ0n) is 14.3. The van der Waals surface area contributed by atoms with Crippen molar-refractivity contribution in [2.45, 2.75) is 20.3 Å². The third-order valence-corrected chi connectivity index (χ3v) is 5.02. The highest BCUT2D eigenvalue weighted by Crippen LogP contribution is 2.25. The number of amides is 1. The predicted molar refractivity (Wildman–Crippen MR) is 96.8 cm³/mol. The average molecular weight is 347 g/mol. The van der Waals surface area contributed by atoms with E-state index in [1.54, 1.807) is 4.68 Å². The van der Waals surface area contributed by atoms with E-state index < -0.39 is 0 Å². The number of carbonyl (C=O) groups excluding carboxylic acids is 1. The van der Waals surface area contributed by atoms with Gasteiger partial charge < -0.3 is 10.2 Å². The number of aryl methyl sites for hydroxylation is 2. The molecular formula is C18H23ClN4O. The number of nitrogens with one attached hydrogen (secondary N) is 1. The van der Waals surface area contributed by atoms with E-state index in [0.717, 1.165) is 35.9 Å². The number of nitrogens with zero attached hydrogens (tertiary/aromatic N) is 3. The summed E-state index contributed by atoms with van der Waals surface area (Å²) in [4.78, 5) is 14.8. The van der Waals surface area contributed by atoms with E-state index in [2.05, 4.69) is 15.3 Å². The van der Waals surface area contributed by atoms with E-state index in [4.69, 9.17) is 11.6 Å².